The Bertz CT molecular complexity index is 38.7. The quantitative estimate of drug-likeness (QED) is 0.474. The number of hydrogen-bond acceptors (Lipinski definition) is 1. The van der Waals surface area contributed by atoms with Crippen molar-refractivity contribution in [1.82, 2.24) is 0 Å². The lowest BCUT2D eigenvalue weighted by Gasteiger charge is -1.94. The smallest absolute Gasteiger partial charge is 0.107 e. The summed E-state index contributed by atoms with van der Waals surface area (Å²) in [5.41, 5.74) is 0. The Morgan fingerprint density at radius 1 is 1.43 bits per heavy atom. The first kappa shape index (κ1) is 7.93. The third-order valence-corrected chi connectivity index (χ3v) is 1.33. The predicted molar refractivity (Wildman–Crippen MR) is 38.6 cm³/mol. The van der Waals surface area contributed by atoms with Gasteiger partial charge < -0.3 is 0 Å². The molecule has 0 aliphatic carbocycles. The predicted octanol–water partition coefficient (Wildman–Crippen LogP) is 2.50. The summed E-state index contributed by atoms with van der Waals surface area (Å²) < 4.78 is 0. The van der Waals surface area contributed by atoms with E-state index in [4.69, 9.17) is 23.2 Å². The van der Waals surface area contributed by atoms with Gasteiger partial charge in [0, 0.05) is 0 Å². The molecule has 0 saturated heterocycles. The van der Waals surface area contributed by atoms with Gasteiger partial charge in [0.15, 0.2) is 0 Å². The highest BCUT2D eigenvalue weighted by molar-refractivity contribution is 7.80. The van der Waals surface area contributed by atoms with Crippen LogP contribution in [0.5, 0.6) is 0 Å². The highest BCUT2D eigenvalue weighted by atomic mass is 35.5. The molecule has 0 aromatic carbocycles. The van der Waals surface area contributed by atoms with Crippen molar-refractivity contribution in [2.75, 3.05) is 5.75 Å². The molecule has 0 fully saturated rings. The van der Waals surface area contributed by atoms with Crippen molar-refractivity contribution in [3.63, 3.8) is 0 Å². The maximum Gasteiger partial charge on any atom is 0.107 e. The minimum atomic E-state index is -0.202. The van der Waals surface area contributed by atoms with Gasteiger partial charge in [-0.15, -0.1) is 23.2 Å². The molecule has 0 aromatic heterocycles. The normalized spacial score (nSPS) is 10.3. The van der Waals surface area contributed by atoms with E-state index < -0.39 is 0 Å². The van der Waals surface area contributed by atoms with Crippen molar-refractivity contribution in [3.8, 4) is 0 Å². The third kappa shape index (κ3) is 6.93. The van der Waals surface area contributed by atoms with Crippen LogP contribution in [0.2, 0.25) is 0 Å². The first-order valence-electron chi connectivity index (χ1n) is 2.16. The fourth-order valence-corrected chi connectivity index (χ4v) is 0.737. The first-order valence-corrected chi connectivity index (χ1v) is 3.67. The SMILES string of the molecule is SCCCC(Cl)Cl. The standard InChI is InChI=1S/C4H8Cl2S/c5-4(6)2-1-3-7/h4,7H,1-3H2. The second-order valence-electron chi connectivity index (χ2n) is 1.26. The van der Waals surface area contributed by atoms with Gasteiger partial charge in [-0.2, -0.15) is 12.6 Å². The lowest BCUT2D eigenvalue weighted by atomic mass is 10.4. The summed E-state index contributed by atoms with van der Waals surface area (Å²) >= 11 is 14.8. The van der Waals surface area contributed by atoms with Gasteiger partial charge in [-0.3, -0.25) is 0 Å². The molecular formula is C4H8Cl2S. The van der Waals surface area contributed by atoms with E-state index in [1.54, 1.807) is 0 Å². The summed E-state index contributed by atoms with van der Waals surface area (Å²) in [5.74, 6) is 0.871. The molecule has 0 aliphatic heterocycles. The van der Waals surface area contributed by atoms with Gasteiger partial charge in [0.25, 0.3) is 0 Å². The van der Waals surface area contributed by atoms with E-state index in [9.17, 15) is 0 Å². The fourth-order valence-electron chi connectivity index (χ4n) is 0.246. The Morgan fingerprint density at radius 3 is 2.14 bits per heavy atom. The maximum absolute atomic E-state index is 5.39. The summed E-state index contributed by atoms with van der Waals surface area (Å²) in [6, 6.07) is 0. The number of halogens is 2. The number of alkyl halides is 2. The summed E-state index contributed by atoms with van der Waals surface area (Å²) in [5, 5.41) is 0. The van der Waals surface area contributed by atoms with E-state index in [2.05, 4.69) is 12.6 Å². The van der Waals surface area contributed by atoms with E-state index in [1.807, 2.05) is 0 Å². The van der Waals surface area contributed by atoms with Crippen molar-refractivity contribution in [2.45, 2.75) is 17.7 Å². The third-order valence-electron chi connectivity index (χ3n) is 0.580. The van der Waals surface area contributed by atoms with E-state index in [0.29, 0.717) is 0 Å². The van der Waals surface area contributed by atoms with Crippen molar-refractivity contribution in [1.29, 1.82) is 0 Å². The van der Waals surface area contributed by atoms with Gasteiger partial charge in [0.1, 0.15) is 4.84 Å². The molecule has 0 bridgehead atoms. The minimum absolute atomic E-state index is 0.202. The molecule has 0 saturated carbocycles. The Hall–Kier alpha value is 0.930. The Balaban J connectivity index is 2.68. The lowest BCUT2D eigenvalue weighted by Crippen LogP contribution is -1.85. The molecule has 0 amide bonds. The summed E-state index contributed by atoms with van der Waals surface area (Å²) in [4.78, 5) is -0.202. The molecule has 0 N–H and O–H groups in total. The minimum Gasteiger partial charge on any atom is -0.179 e. The molecular weight excluding hydrogens is 151 g/mol. The highest BCUT2D eigenvalue weighted by Crippen LogP contribution is 2.09. The van der Waals surface area contributed by atoms with Crippen LogP contribution in [0.4, 0.5) is 0 Å². The highest BCUT2D eigenvalue weighted by Gasteiger charge is 1.94. The van der Waals surface area contributed by atoms with Gasteiger partial charge in [-0.25, -0.2) is 0 Å². The molecule has 0 aromatic rings. The fraction of sp³-hybridized carbons (Fsp3) is 1.00. The van der Waals surface area contributed by atoms with Gasteiger partial charge in [-0.05, 0) is 18.6 Å². The molecule has 0 spiro atoms. The maximum atomic E-state index is 5.39. The zero-order valence-electron chi connectivity index (χ0n) is 3.90. The largest absolute Gasteiger partial charge is 0.179 e. The lowest BCUT2D eigenvalue weighted by molar-refractivity contribution is 0.871. The van der Waals surface area contributed by atoms with Crippen molar-refractivity contribution < 1.29 is 0 Å². The van der Waals surface area contributed by atoms with Crippen LogP contribution in [-0.4, -0.2) is 10.6 Å². The molecule has 0 aliphatic rings. The second-order valence-corrected chi connectivity index (χ2v) is 2.98. The molecule has 7 heavy (non-hydrogen) atoms. The molecule has 0 heterocycles. The number of thiol groups is 1. The van der Waals surface area contributed by atoms with Crippen LogP contribution >= 0.6 is 35.8 Å². The van der Waals surface area contributed by atoms with Crippen molar-refractivity contribution in [3.05, 3.63) is 0 Å². The van der Waals surface area contributed by atoms with Crippen LogP contribution < -0.4 is 0 Å². The zero-order chi connectivity index (χ0) is 5.70. The summed E-state index contributed by atoms with van der Waals surface area (Å²) in [7, 11) is 0. The second kappa shape index (κ2) is 5.07. The molecule has 3 heteroatoms. The monoisotopic (exact) mass is 158 g/mol. The van der Waals surface area contributed by atoms with Crippen LogP contribution in [0.3, 0.4) is 0 Å². The average molecular weight is 159 g/mol. The van der Waals surface area contributed by atoms with Gasteiger partial charge in [0.05, 0.1) is 0 Å². The summed E-state index contributed by atoms with van der Waals surface area (Å²) in [6.07, 6.45) is 1.85. The van der Waals surface area contributed by atoms with E-state index in [0.717, 1.165) is 18.6 Å². The number of rotatable bonds is 3. The molecule has 0 atom stereocenters. The molecule has 44 valence electrons. The van der Waals surface area contributed by atoms with E-state index >= 15 is 0 Å². The van der Waals surface area contributed by atoms with Crippen LogP contribution in [0.15, 0.2) is 0 Å². The van der Waals surface area contributed by atoms with E-state index in [-0.39, 0.29) is 4.84 Å². The Labute approximate surface area is 59.6 Å². The molecule has 0 nitrogen and oxygen atoms in total. The zero-order valence-corrected chi connectivity index (χ0v) is 6.31. The van der Waals surface area contributed by atoms with Gasteiger partial charge in [0.2, 0.25) is 0 Å². The van der Waals surface area contributed by atoms with Crippen LogP contribution in [-0.2, 0) is 0 Å². The molecule has 0 rings (SSSR count). The molecule has 0 unspecified atom stereocenters. The molecule has 0 radical (unpaired) electrons. The van der Waals surface area contributed by atoms with E-state index in [1.165, 1.54) is 0 Å². The average Bonchev–Trinajstić information content (AvgIpc) is 1.61. The van der Waals surface area contributed by atoms with Gasteiger partial charge >= 0.3 is 0 Å². The van der Waals surface area contributed by atoms with Crippen molar-refractivity contribution >= 4 is 35.8 Å². The van der Waals surface area contributed by atoms with Crippen LogP contribution in [0, 0.1) is 0 Å². The summed E-state index contributed by atoms with van der Waals surface area (Å²) in [6.45, 7) is 0. The first-order chi connectivity index (χ1) is 3.27. The number of hydrogen-bond donors (Lipinski definition) is 1. The van der Waals surface area contributed by atoms with Crippen LogP contribution in [0.25, 0.3) is 0 Å². The van der Waals surface area contributed by atoms with Gasteiger partial charge in [-0.1, -0.05) is 0 Å². The van der Waals surface area contributed by atoms with Crippen LogP contribution in [0.1, 0.15) is 12.8 Å². The topological polar surface area (TPSA) is 0 Å². The Kier molecular flexibility index (Phi) is 5.75. The van der Waals surface area contributed by atoms with Crippen molar-refractivity contribution in [2.24, 2.45) is 0 Å². The Morgan fingerprint density at radius 2 is 2.00 bits per heavy atom.